The molecule has 9 heteroatoms. The molecule has 3 amide bonds. The highest BCUT2D eigenvalue weighted by molar-refractivity contribution is 6.07. The van der Waals surface area contributed by atoms with Crippen LogP contribution in [-0.4, -0.2) is 29.8 Å². The van der Waals surface area contributed by atoms with Crippen LogP contribution in [0.15, 0.2) is 53.6 Å². The van der Waals surface area contributed by atoms with Crippen LogP contribution < -0.4 is 10.1 Å². The Kier molecular flexibility index (Phi) is 4.85. The van der Waals surface area contributed by atoms with Gasteiger partial charge in [-0.05, 0) is 30.7 Å². The molecule has 6 nitrogen and oxygen atoms in total. The Labute approximate surface area is 152 Å². The second-order valence-corrected chi connectivity index (χ2v) is 5.84. The molecule has 0 bridgehead atoms. The number of nitrogens with zero attached hydrogens (tertiary/aromatic N) is 2. The van der Waals surface area contributed by atoms with Gasteiger partial charge in [0.05, 0.1) is 6.21 Å². The number of halogens is 3. The van der Waals surface area contributed by atoms with E-state index in [1.165, 1.54) is 49.4 Å². The fraction of sp³-hybridized carbons (Fsp3) is 0.167. The molecular formula is C18H14F3N3O3. The largest absolute Gasteiger partial charge is 0.435 e. The van der Waals surface area contributed by atoms with Crippen molar-refractivity contribution in [1.82, 2.24) is 10.3 Å². The van der Waals surface area contributed by atoms with Gasteiger partial charge in [-0.2, -0.15) is 13.9 Å². The third kappa shape index (κ3) is 3.62. The zero-order valence-corrected chi connectivity index (χ0v) is 14.0. The number of rotatable bonds is 5. The maximum Gasteiger partial charge on any atom is 0.387 e. The number of hydrogen-bond acceptors (Lipinski definition) is 4. The zero-order valence-electron chi connectivity index (χ0n) is 14.0. The number of hydrazone groups is 1. The number of nitrogens with one attached hydrogen (secondary N) is 1. The number of benzene rings is 2. The van der Waals surface area contributed by atoms with Crippen molar-refractivity contribution in [3.05, 3.63) is 65.5 Å². The van der Waals surface area contributed by atoms with E-state index >= 15 is 0 Å². The predicted molar refractivity (Wildman–Crippen MR) is 89.8 cm³/mol. The summed E-state index contributed by atoms with van der Waals surface area (Å²) < 4.78 is 42.4. The van der Waals surface area contributed by atoms with Gasteiger partial charge in [0.2, 0.25) is 0 Å². The van der Waals surface area contributed by atoms with Crippen LogP contribution in [-0.2, 0) is 10.3 Å². The van der Waals surface area contributed by atoms with Crippen molar-refractivity contribution in [2.24, 2.45) is 5.10 Å². The van der Waals surface area contributed by atoms with Crippen LogP contribution in [0.5, 0.6) is 5.75 Å². The molecule has 1 aliphatic heterocycles. The summed E-state index contributed by atoms with van der Waals surface area (Å²) in [7, 11) is 0. The lowest BCUT2D eigenvalue weighted by Gasteiger charge is -2.21. The fourth-order valence-corrected chi connectivity index (χ4v) is 2.59. The molecule has 0 saturated carbocycles. The molecule has 0 spiro atoms. The Morgan fingerprint density at radius 1 is 1.15 bits per heavy atom. The molecule has 3 rings (SSSR count). The quantitative estimate of drug-likeness (QED) is 0.642. The van der Waals surface area contributed by atoms with Gasteiger partial charge in [0.25, 0.3) is 5.91 Å². The second kappa shape index (κ2) is 7.10. The van der Waals surface area contributed by atoms with Crippen LogP contribution in [0.1, 0.15) is 18.1 Å². The zero-order chi connectivity index (χ0) is 19.6. The maximum absolute atomic E-state index is 13.6. The summed E-state index contributed by atoms with van der Waals surface area (Å²) in [6.45, 7) is -1.52. The summed E-state index contributed by atoms with van der Waals surface area (Å²) in [6, 6.07) is 10.3. The number of hydrogen-bond donors (Lipinski definition) is 1. The molecule has 0 aromatic heterocycles. The molecule has 0 unspecified atom stereocenters. The molecule has 2 aromatic rings. The van der Waals surface area contributed by atoms with Crippen LogP contribution in [0.25, 0.3) is 0 Å². The minimum absolute atomic E-state index is 0.0800. The number of amides is 3. The van der Waals surface area contributed by atoms with Crippen molar-refractivity contribution < 1.29 is 27.5 Å². The van der Waals surface area contributed by atoms with Gasteiger partial charge in [0.1, 0.15) is 17.1 Å². The number of carbonyl (C=O) groups excluding carboxylic acids is 2. The molecule has 0 aliphatic carbocycles. The summed E-state index contributed by atoms with van der Waals surface area (Å²) in [5.74, 6) is -1.32. The molecule has 27 heavy (non-hydrogen) atoms. The lowest BCUT2D eigenvalue weighted by molar-refractivity contribution is -0.131. The van der Waals surface area contributed by atoms with Gasteiger partial charge in [-0.3, -0.25) is 4.79 Å². The van der Waals surface area contributed by atoms with E-state index in [1.54, 1.807) is 6.07 Å². The van der Waals surface area contributed by atoms with E-state index in [1.807, 2.05) is 0 Å². The topological polar surface area (TPSA) is 71.0 Å². The van der Waals surface area contributed by atoms with Crippen molar-refractivity contribution in [1.29, 1.82) is 0 Å². The lowest BCUT2D eigenvalue weighted by atomic mass is 9.92. The molecule has 1 aliphatic rings. The van der Waals surface area contributed by atoms with Gasteiger partial charge in [0.15, 0.2) is 0 Å². The maximum atomic E-state index is 13.6. The number of ether oxygens (including phenoxy) is 1. The van der Waals surface area contributed by atoms with Gasteiger partial charge in [-0.1, -0.05) is 30.3 Å². The van der Waals surface area contributed by atoms with E-state index in [-0.39, 0.29) is 11.3 Å². The third-order valence-electron chi connectivity index (χ3n) is 4.04. The van der Waals surface area contributed by atoms with Crippen LogP contribution >= 0.6 is 0 Å². The SMILES string of the molecule is C[C@]1(c2ccc(OC(F)F)cc2)NC(=O)N(N=Cc2ccccc2F)C1=O. The Balaban J connectivity index is 1.83. The Bertz CT molecular complexity index is 902. The minimum atomic E-state index is -2.97. The van der Waals surface area contributed by atoms with Crippen LogP contribution in [0, 0.1) is 5.82 Å². The Morgan fingerprint density at radius 3 is 2.44 bits per heavy atom. The van der Waals surface area contributed by atoms with Crippen molar-refractivity contribution in [2.45, 2.75) is 19.1 Å². The summed E-state index contributed by atoms with van der Waals surface area (Å²) in [5, 5.41) is 6.87. The first-order chi connectivity index (χ1) is 12.8. The van der Waals surface area contributed by atoms with Gasteiger partial charge in [-0.25, -0.2) is 9.18 Å². The molecule has 1 atom stereocenters. The Morgan fingerprint density at radius 2 is 1.81 bits per heavy atom. The van der Waals surface area contributed by atoms with E-state index in [0.29, 0.717) is 10.6 Å². The Hall–Kier alpha value is -3.36. The number of carbonyl (C=O) groups is 2. The summed E-state index contributed by atoms with van der Waals surface area (Å²) in [5.41, 5.74) is -0.987. The summed E-state index contributed by atoms with van der Waals surface area (Å²) in [4.78, 5) is 24.8. The smallest absolute Gasteiger partial charge is 0.387 e. The average Bonchev–Trinajstić information content (AvgIpc) is 2.84. The molecule has 2 aromatic carbocycles. The first kappa shape index (κ1) is 18.4. The highest BCUT2D eigenvalue weighted by atomic mass is 19.3. The first-order valence-electron chi connectivity index (χ1n) is 7.82. The lowest BCUT2D eigenvalue weighted by Crippen LogP contribution is -2.40. The number of imide groups is 1. The van der Waals surface area contributed by atoms with Crippen molar-refractivity contribution in [3.8, 4) is 5.75 Å². The monoisotopic (exact) mass is 377 g/mol. The van der Waals surface area contributed by atoms with Crippen molar-refractivity contribution >= 4 is 18.2 Å². The number of urea groups is 1. The van der Waals surface area contributed by atoms with E-state index < -0.39 is 29.9 Å². The predicted octanol–water partition coefficient (Wildman–Crippen LogP) is 3.23. The van der Waals surface area contributed by atoms with Gasteiger partial charge in [-0.15, -0.1) is 5.01 Å². The van der Waals surface area contributed by atoms with Crippen molar-refractivity contribution in [3.63, 3.8) is 0 Å². The molecule has 140 valence electrons. The molecule has 1 heterocycles. The van der Waals surface area contributed by atoms with E-state index in [2.05, 4.69) is 15.2 Å². The fourth-order valence-electron chi connectivity index (χ4n) is 2.59. The van der Waals surface area contributed by atoms with Gasteiger partial charge < -0.3 is 10.1 Å². The van der Waals surface area contributed by atoms with E-state index in [0.717, 1.165) is 6.21 Å². The molecule has 1 saturated heterocycles. The highest BCUT2D eigenvalue weighted by Crippen LogP contribution is 2.30. The van der Waals surface area contributed by atoms with E-state index in [9.17, 15) is 22.8 Å². The van der Waals surface area contributed by atoms with Crippen LogP contribution in [0.4, 0.5) is 18.0 Å². The number of alkyl halides is 2. The van der Waals surface area contributed by atoms with Gasteiger partial charge >= 0.3 is 12.6 Å². The normalized spacial score (nSPS) is 19.8. The standard InChI is InChI=1S/C18H14F3N3O3/c1-18(12-6-8-13(9-7-12)27-16(20)21)15(25)24(17(26)23-18)22-10-11-4-2-3-5-14(11)19/h2-10,16H,1H3,(H,23,26)/t18-/m1/s1. The molecular weight excluding hydrogens is 363 g/mol. The molecule has 1 fully saturated rings. The minimum Gasteiger partial charge on any atom is -0.435 e. The van der Waals surface area contributed by atoms with Crippen molar-refractivity contribution in [2.75, 3.05) is 0 Å². The van der Waals surface area contributed by atoms with Crippen LogP contribution in [0.3, 0.4) is 0 Å². The third-order valence-corrected chi connectivity index (χ3v) is 4.04. The summed E-state index contributed by atoms with van der Waals surface area (Å²) >= 11 is 0. The van der Waals surface area contributed by atoms with Gasteiger partial charge in [0, 0.05) is 5.56 Å². The second-order valence-electron chi connectivity index (χ2n) is 5.84. The van der Waals surface area contributed by atoms with E-state index in [4.69, 9.17) is 0 Å². The first-order valence-corrected chi connectivity index (χ1v) is 7.82. The highest BCUT2D eigenvalue weighted by Gasteiger charge is 2.49. The molecule has 0 radical (unpaired) electrons. The summed E-state index contributed by atoms with van der Waals surface area (Å²) in [6.07, 6.45) is 1.07. The molecule has 1 N–H and O–H groups in total. The average molecular weight is 377 g/mol. The van der Waals surface area contributed by atoms with Crippen LogP contribution in [0.2, 0.25) is 0 Å².